The van der Waals surface area contributed by atoms with Crippen LogP contribution in [0.25, 0.3) is 0 Å². The molecule has 1 aliphatic rings. The molecule has 1 unspecified atom stereocenters. The number of ether oxygens (including phenoxy) is 1. The third kappa shape index (κ3) is 7.05. The monoisotopic (exact) mass is 459 g/mol. The summed E-state index contributed by atoms with van der Waals surface area (Å²) in [6.07, 6.45) is -5.69. The lowest BCUT2D eigenvalue weighted by atomic mass is 9.82. The number of benzene rings is 1. The summed E-state index contributed by atoms with van der Waals surface area (Å²) < 4.78 is 45.9. The van der Waals surface area contributed by atoms with Crippen LogP contribution in [0.5, 0.6) is 0 Å². The number of hydrogen-bond donors (Lipinski definition) is 2. The predicted molar refractivity (Wildman–Crippen MR) is 104 cm³/mol. The largest absolute Gasteiger partial charge is 0.522 e. The topological polar surface area (TPSA) is 97.5 Å². The summed E-state index contributed by atoms with van der Waals surface area (Å²) in [6.45, 7) is 3.77. The molecule has 1 saturated carbocycles. The summed E-state index contributed by atoms with van der Waals surface area (Å²) in [5.41, 5.74) is 0.984. The summed E-state index contributed by atoms with van der Waals surface area (Å²) in [4.78, 5) is 12.1. The van der Waals surface area contributed by atoms with Gasteiger partial charge in [0.1, 0.15) is 0 Å². The highest BCUT2D eigenvalue weighted by Crippen LogP contribution is 2.40. The summed E-state index contributed by atoms with van der Waals surface area (Å²) in [5.74, 6) is -0.0840. The molecular formula is C20H21ClF3N3O4. The van der Waals surface area contributed by atoms with E-state index in [9.17, 15) is 23.1 Å². The average Bonchev–Trinajstić information content (AvgIpc) is 3.10. The van der Waals surface area contributed by atoms with E-state index in [2.05, 4.69) is 26.8 Å². The fourth-order valence-corrected chi connectivity index (χ4v) is 3.26. The number of carbonyl (C=O) groups excluding carboxylic acids is 1. The fraction of sp³-hybridized carbons (Fsp3) is 0.450. The first-order chi connectivity index (χ1) is 14.6. The van der Waals surface area contributed by atoms with Gasteiger partial charge >= 0.3 is 6.36 Å². The smallest absolute Gasteiger partial charge is 0.425 e. The normalized spacial score (nSPS) is 19.5. The predicted octanol–water partition coefficient (Wildman–Crippen LogP) is 4.19. The van der Waals surface area contributed by atoms with Crippen molar-refractivity contribution in [2.75, 3.05) is 0 Å². The summed E-state index contributed by atoms with van der Waals surface area (Å²) in [7, 11) is 0. The van der Waals surface area contributed by atoms with Crippen LogP contribution in [0, 0.1) is 0 Å². The molecule has 1 aromatic heterocycles. The number of aromatic nitrogens is 2. The van der Waals surface area contributed by atoms with Gasteiger partial charge in [0.15, 0.2) is 0 Å². The van der Waals surface area contributed by atoms with Gasteiger partial charge in [-0.05, 0) is 37.0 Å². The zero-order chi connectivity index (χ0) is 22.6. The molecule has 2 N–H and O–H groups in total. The number of aliphatic hydroxyl groups excluding tert-OH is 1. The van der Waals surface area contributed by atoms with Gasteiger partial charge in [0, 0.05) is 23.1 Å². The standard InChI is InChI=1S/C20H21ClF3N3O4/c1-11(25-17(29)10-16(28)12-3-5-14(21)6-4-12)2-7-18-26-27-19(30-18)13-8-15(9-13)31-20(22,23)24/h3-6,13,15-16,28H,1-2,7-10H2,(H,25,29)/t13-,15+,16?. The minimum absolute atomic E-state index is 0.145. The Morgan fingerprint density at radius 1 is 1.32 bits per heavy atom. The first-order valence-corrected chi connectivity index (χ1v) is 9.95. The second-order valence-corrected chi connectivity index (χ2v) is 7.75. The van der Waals surface area contributed by atoms with Crippen LogP contribution >= 0.6 is 11.6 Å². The number of amides is 1. The van der Waals surface area contributed by atoms with E-state index in [-0.39, 0.29) is 31.1 Å². The molecule has 2 aromatic rings. The van der Waals surface area contributed by atoms with E-state index in [1.54, 1.807) is 24.3 Å². The van der Waals surface area contributed by atoms with Gasteiger partial charge < -0.3 is 14.8 Å². The Balaban J connectivity index is 1.38. The molecule has 0 saturated heterocycles. The number of nitrogens with zero attached hydrogens (tertiary/aromatic N) is 2. The van der Waals surface area contributed by atoms with Crippen LogP contribution in [-0.4, -0.2) is 33.7 Å². The fourth-order valence-electron chi connectivity index (χ4n) is 3.13. The molecule has 0 radical (unpaired) electrons. The lowest BCUT2D eigenvalue weighted by Crippen LogP contribution is -2.34. The second-order valence-electron chi connectivity index (χ2n) is 7.31. The molecule has 1 fully saturated rings. The summed E-state index contributed by atoms with van der Waals surface area (Å²) >= 11 is 5.80. The first kappa shape index (κ1) is 23.2. The van der Waals surface area contributed by atoms with E-state index in [4.69, 9.17) is 16.0 Å². The van der Waals surface area contributed by atoms with Crippen molar-refractivity contribution < 1.29 is 32.2 Å². The van der Waals surface area contributed by atoms with Crippen molar-refractivity contribution in [2.45, 2.75) is 56.6 Å². The van der Waals surface area contributed by atoms with Crippen LogP contribution in [0.2, 0.25) is 5.02 Å². The molecule has 1 aromatic carbocycles. The molecule has 11 heteroatoms. The van der Waals surface area contributed by atoms with Crippen LogP contribution in [-0.2, 0) is 16.0 Å². The van der Waals surface area contributed by atoms with Gasteiger partial charge in [-0.25, -0.2) is 0 Å². The van der Waals surface area contributed by atoms with E-state index in [1.165, 1.54) is 0 Å². The number of aryl methyl sites for hydroxylation is 1. The van der Waals surface area contributed by atoms with Crippen molar-refractivity contribution in [1.82, 2.24) is 15.5 Å². The SMILES string of the molecule is C=C(CCc1nnc([C@H]2C[C@@H](OC(F)(F)F)C2)o1)NC(=O)CC(O)c1ccc(Cl)cc1. The lowest BCUT2D eigenvalue weighted by Gasteiger charge is -2.32. The zero-order valence-electron chi connectivity index (χ0n) is 16.4. The highest BCUT2D eigenvalue weighted by molar-refractivity contribution is 6.30. The van der Waals surface area contributed by atoms with Crippen molar-refractivity contribution in [3.05, 3.63) is 58.9 Å². The minimum atomic E-state index is -4.65. The van der Waals surface area contributed by atoms with Gasteiger partial charge in [-0.15, -0.1) is 23.4 Å². The Morgan fingerprint density at radius 2 is 2.00 bits per heavy atom. The van der Waals surface area contributed by atoms with Gasteiger partial charge in [-0.1, -0.05) is 30.3 Å². The number of halogens is 4. The molecular weight excluding hydrogens is 439 g/mol. The van der Waals surface area contributed by atoms with Crippen molar-refractivity contribution in [2.24, 2.45) is 0 Å². The van der Waals surface area contributed by atoms with Crippen LogP contribution in [0.3, 0.4) is 0 Å². The van der Waals surface area contributed by atoms with E-state index in [1.807, 2.05) is 0 Å². The van der Waals surface area contributed by atoms with Crippen LogP contribution in [0.1, 0.15) is 55.1 Å². The number of alkyl halides is 3. The van der Waals surface area contributed by atoms with Crippen molar-refractivity contribution >= 4 is 17.5 Å². The van der Waals surface area contributed by atoms with E-state index in [0.29, 0.717) is 35.0 Å². The van der Waals surface area contributed by atoms with Crippen LogP contribution < -0.4 is 5.32 Å². The van der Waals surface area contributed by atoms with Gasteiger partial charge in [-0.3, -0.25) is 9.53 Å². The van der Waals surface area contributed by atoms with Crippen molar-refractivity contribution in [1.29, 1.82) is 0 Å². The Morgan fingerprint density at radius 3 is 2.65 bits per heavy atom. The quantitative estimate of drug-likeness (QED) is 0.583. The van der Waals surface area contributed by atoms with Crippen LogP contribution in [0.15, 0.2) is 41.0 Å². The first-order valence-electron chi connectivity index (χ1n) is 9.57. The minimum Gasteiger partial charge on any atom is -0.425 e. The van der Waals surface area contributed by atoms with E-state index >= 15 is 0 Å². The van der Waals surface area contributed by atoms with Crippen LogP contribution in [0.4, 0.5) is 13.2 Å². The van der Waals surface area contributed by atoms with Gasteiger partial charge in [0.05, 0.1) is 18.6 Å². The Kier molecular flexibility index (Phi) is 7.34. The molecule has 1 amide bonds. The molecule has 7 nitrogen and oxygen atoms in total. The van der Waals surface area contributed by atoms with Gasteiger partial charge in [0.2, 0.25) is 17.7 Å². The molecule has 3 rings (SSSR count). The molecule has 1 aliphatic carbocycles. The number of aliphatic hydroxyl groups is 1. The van der Waals surface area contributed by atoms with Gasteiger partial charge in [0.25, 0.3) is 0 Å². The number of allylic oxidation sites excluding steroid dienone is 1. The molecule has 0 spiro atoms. The maximum Gasteiger partial charge on any atom is 0.522 e. The third-order valence-electron chi connectivity index (χ3n) is 4.82. The summed E-state index contributed by atoms with van der Waals surface area (Å²) in [5, 5.41) is 21.0. The number of nitrogens with one attached hydrogen (secondary N) is 1. The molecule has 31 heavy (non-hydrogen) atoms. The molecule has 0 bridgehead atoms. The number of carbonyl (C=O) groups is 1. The number of hydrogen-bond acceptors (Lipinski definition) is 6. The molecule has 0 aliphatic heterocycles. The Labute approximate surface area is 181 Å². The van der Waals surface area contributed by atoms with E-state index in [0.717, 1.165) is 0 Å². The Hall–Kier alpha value is -2.43. The molecule has 1 heterocycles. The molecule has 1 atom stereocenters. The Bertz CT molecular complexity index is 911. The number of rotatable bonds is 9. The van der Waals surface area contributed by atoms with Crippen molar-refractivity contribution in [3.63, 3.8) is 0 Å². The highest BCUT2D eigenvalue weighted by Gasteiger charge is 2.42. The maximum absolute atomic E-state index is 12.2. The lowest BCUT2D eigenvalue weighted by molar-refractivity contribution is -0.352. The third-order valence-corrected chi connectivity index (χ3v) is 5.07. The van der Waals surface area contributed by atoms with Crippen molar-refractivity contribution in [3.8, 4) is 0 Å². The second kappa shape index (κ2) is 9.80. The zero-order valence-corrected chi connectivity index (χ0v) is 17.1. The highest BCUT2D eigenvalue weighted by atomic mass is 35.5. The average molecular weight is 460 g/mol. The summed E-state index contributed by atoms with van der Waals surface area (Å²) in [6, 6.07) is 6.54. The van der Waals surface area contributed by atoms with Gasteiger partial charge in [-0.2, -0.15) is 0 Å². The van der Waals surface area contributed by atoms with E-state index < -0.39 is 24.5 Å². The maximum atomic E-state index is 12.2. The molecule has 168 valence electrons.